The van der Waals surface area contributed by atoms with E-state index in [1.165, 1.54) is 0 Å². The van der Waals surface area contributed by atoms with E-state index in [4.69, 9.17) is 71.1 Å². The van der Waals surface area contributed by atoms with Gasteiger partial charge in [0.05, 0.1) is 198 Å². The van der Waals surface area contributed by atoms with Gasteiger partial charge in [-0.2, -0.15) is 0 Å². The summed E-state index contributed by atoms with van der Waals surface area (Å²) in [5, 5.41) is 0. The van der Waals surface area contributed by atoms with Gasteiger partial charge in [-0.05, 0) is 33.4 Å². The van der Waals surface area contributed by atoms with Gasteiger partial charge in [-0.15, -0.1) is 0 Å². The zero-order valence-corrected chi connectivity index (χ0v) is 44.9. The van der Waals surface area contributed by atoms with Crippen LogP contribution in [0.4, 0.5) is 0 Å². The predicted molar refractivity (Wildman–Crippen MR) is 262 cm³/mol. The SMILES string of the molecule is [H-].[K+].c1ccc(COCCOCCOCCOCCOCc2cc(COCCOCCOCCOCCOCc3ccccc3)cc(COCCOCCOCCOCCOCc3ccccc3)c2)cc1. The van der Waals surface area contributed by atoms with Crippen LogP contribution in [-0.4, -0.2) is 159 Å². The topological polar surface area (TPSA) is 138 Å². The molecular weight excluding hydrogens is 928 g/mol. The van der Waals surface area contributed by atoms with E-state index in [-0.39, 0.29) is 52.8 Å². The Morgan fingerprint density at radius 1 is 0.186 bits per heavy atom. The number of rotatable bonds is 48. The average Bonchev–Trinajstić information content (AvgIpc) is 3.38. The number of hydrogen-bond donors (Lipinski definition) is 0. The molecule has 15 nitrogen and oxygen atoms in total. The van der Waals surface area contributed by atoms with Gasteiger partial charge in [0, 0.05) is 0 Å². The largest absolute Gasteiger partial charge is 1.00 e. The van der Waals surface area contributed by atoms with Gasteiger partial charge in [-0.3, -0.25) is 0 Å². The van der Waals surface area contributed by atoms with Gasteiger partial charge in [-0.25, -0.2) is 0 Å². The van der Waals surface area contributed by atoms with Crippen LogP contribution in [0.15, 0.2) is 109 Å². The molecular formula is C54H79KO15. The molecule has 0 heterocycles. The fraction of sp³-hybridized carbons (Fsp3) is 0.556. The first-order valence-electron chi connectivity index (χ1n) is 24.2. The summed E-state index contributed by atoms with van der Waals surface area (Å²) >= 11 is 0. The van der Waals surface area contributed by atoms with Crippen molar-refractivity contribution >= 4 is 0 Å². The van der Waals surface area contributed by atoms with E-state index in [9.17, 15) is 0 Å². The second-order valence-corrected chi connectivity index (χ2v) is 15.4. The van der Waals surface area contributed by atoms with Crippen molar-refractivity contribution < 1.29 is 124 Å². The predicted octanol–water partition coefficient (Wildman–Crippen LogP) is 4.15. The van der Waals surface area contributed by atoms with Gasteiger partial charge in [-0.1, -0.05) is 109 Å². The van der Waals surface area contributed by atoms with E-state index < -0.39 is 0 Å². The van der Waals surface area contributed by atoms with Crippen LogP contribution in [0.2, 0.25) is 0 Å². The van der Waals surface area contributed by atoms with Crippen molar-refractivity contribution in [2.24, 2.45) is 0 Å². The maximum atomic E-state index is 5.96. The molecule has 0 radical (unpaired) electrons. The molecule has 0 unspecified atom stereocenters. The Kier molecular flexibility index (Phi) is 41.5. The summed E-state index contributed by atoms with van der Waals surface area (Å²) in [5.74, 6) is 0. The maximum absolute atomic E-state index is 5.96. The van der Waals surface area contributed by atoms with Crippen LogP contribution >= 0.6 is 0 Å². The Hall–Kier alpha value is -2.08. The number of hydrogen-bond acceptors (Lipinski definition) is 15. The zero-order chi connectivity index (χ0) is 48.0. The van der Waals surface area contributed by atoms with Crippen LogP contribution < -0.4 is 51.4 Å². The Morgan fingerprint density at radius 2 is 0.329 bits per heavy atom. The molecule has 0 aliphatic rings. The maximum Gasteiger partial charge on any atom is 1.00 e. The van der Waals surface area contributed by atoms with Gasteiger partial charge in [0.15, 0.2) is 0 Å². The number of benzene rings is 4. The van der Waals surface area contributed by atoms with Gasteiger partial charge < -0.3 is 72.5 Å². The summed E-state index contributed by atoms with van der Waals surface area (Å²) in [6.07, 6.45) is 0. The van der Waals surface area contributed by atoms with Crippen LogP contribution in [0.3, 0.4) is 0 Å². The van der Waals surface area contributed by atoms with E-state index >= 15 is 0 Å². The van der Waals surface area contributed by atoms with Gasteiger partial charge >= 0.3 is 51.4 Å². The van der Waals surface area contributed by atoms with Crippen molar-refractivity contribution in [2.75, 3.05) is 159 Å². The molecule has 0 saturated heterocycles. The van der Waals surface area contributed by atoms with Crippen molar-refractivity contribution in [2.45, 2.75) is 39.6 Å². The quantitative estimate of drug-likeness (QED) is 0.0463. The monoisotopic (exact) mass is 1010 g/mol. The molecule has 0 spiro atoms. The summed E-state index contributed by atoms with van der Waals surface area (Å²) in [5.41, 5.74) is 6.53. The second-order valence-electron chi connectivity index (χ2n) is 15.4. The first-order valence-corrected chi connectivity index (χ1v) is 24.2. The minimum absolute atomic E-state index is 0. The Balaban J connectivity index is 0.00000864. The molecule has 4 aromatic rings. The summed E-state index contributed by atoms with van der Waals surface area (Å²) in [6, 6.07) is 36.5. The third kappa shape index (κ3) is 35.9. The molecule has 0 fully saturated rings. The molecule has 0 saturated carbocycles. The fourth-order valence-corrected chi connectivity index (χ4v) is 6.28. The first-order chi connectivity index (χ1) is 34.3. The summed E-state index contributed by atoms with van der Waals surface area (Å²) in [6.45, 7) is 15.0. The molecule has 70 heavy (non-hydrogen) atoms. The minimum Gasteiger partial charge on any atom is -1.00 e. The molecule has 0 amide bonds. The minimum atomic E-state index is 0. The van der Waals surface area contributed by atoms with Crippen molar-refractivity contribution in [3.05, 3.63) is 143 Å². The second kappa shape index (κ2) is 46.7. The molecule has 0 bridgehead atoms. The van der Waals surface area contributed by atoms with Crippen molar-refractivity contribution in [1.82, 2.24) is 0 Å². The third-order valence-corrected chi connectivity index (χ3v) is 9.72. The third-order valence-electron chi connectivity index (χ3n) is 9.72. The standard InChI is InChI=1S/C54H78O15.K.H/c1-4-10-49(11-5-1)43-64-34-28-58-22-16-55-19-25-61-31-37-67-46-52-40-53(47-68-38-32-62-26-20-56-17-23-59-29-35-65-44-50-12-6-2-7-13-50)42-54(41-52)48-69-39-33-63-27-21-57-18-24-60-30-36-66-45-51-14-8-3-9-15-51;;/h1-15,40-42H,16-39,43-48H2;;/q;+1;-1. The summed E-state index contributed by atoms with van der Waals surface area (Å²) in [4.78, 5) is 0. The Morgan fingerprint density at radius 3 is 0.500 bits per heavy atom. The number of ether oxygens (including phenoxy) is 15. The summed E-state index contributed by atoms with van der Waals surface area (Å²) < 4.78 is 85.5. The first kappa shape index (κ1) is 62.2. The van der Waals surface area contributed by atoms with Crippen molar-refractivity contribution in [1.29, 1.82) is 0 Å². The smallest absolute Gasteiger partial charge is 1.00 e. The van der Waals surface area contributed by atoms with Crippen LogP contribution in [0.5, 0.6) is 0 Å². The van der Waals surface area contributed by atoms with E-state index in [2.05, 4.69) is 18.2 Å². The molecule has 386 valence electrons. The van der Waals surface area contributed by atoms with Crippen LogP contribution in [-0.2, 0) is 111 Å². The van der Waals surface area contributed by atoms with E-state index in [1.54, 1.807) is 0 Å². The Labute approximate surface area is 461 Å². The molecule has 0 atom stereocenters. The Bertz CT molecular complexity index is 1510. The van der Waals surface area contributed by atoms with Crippen molar-refractivity contribution in [3.8, 4) is 0 Å². The van der Waals surface area contributed by atoms with Crippen molar-refractivity contribution in [3.63, 3.8) is 0 Å². The molecule has 0 N–H and O–H groups in total. The van der Waals surface area contributed by atoms with Crippen LogP contribution in [0, 0.1) is 0 Å². The van der Waals surface area contributed by atoms with E-state index in [1.807, 2.05) is 91.0 Å². The normalized spacial score (nSPS) is 11.3. The molecule has 0 aliphatic heterocycles. The summed E-state index contributed by atoms with van der Waals surface area (Å²) in [7, 11) is 0. The van der Waals surface area contributed by atoms with Crippen LogP contribution in [0.1, 0.15) is 34.8 Å². The van der Waals surface area contributed by atoms with Gasteiger partial charge in [0.25, 0.3) is 0 Å². The average molecular weight is 1010 g/mol. The zero-order valence-electron chi connectivity index (χ0n) is 42.7. The van der Waals surface area contributed by atoms with Gasteiger partial charge in [0.2, 0.25) is 0 Å². The van der Waals surface area contributed by atoms with E-state index in [0.717, 1.165) is 33.4 Å². The fourth-order valence-electron chi connectivity index (χ4n) is 6.28. The molecule has 4 aromatic carbocycles. The van der Waals surface area contributed by atoms with E-state index in [0.29, 0.717) is 198 Å². The molecule has 0 aliphatic carbocycles. The molecule has 0 aromatic heterocycles. The molecule has 4 rings (SSSR count). The van der Waals surface area contributed by atoms with Gasteiger partial charge in [0.1, 0.15) is 0 Å². The molecule has 16 heteroatoms. The van der Waals surface area contributed by atoms with Crippen LogP contribution in [0.25, 0.3) is 0 Å².